The van der Waals surface area contributed by atoms with E-state index < -0.39 is 6.10 Å². The fourth-order valence-electron chi connectivity index (χ4n) is 11.1. The van der Waals surface area contributed by atoms with E-state index in [0.29, 0.717) is 30.3 Å². The Morgan fingerprint density at radius 1 is 0.841 bits per heavy atom. The number of ether oxygens (including phenoxy) is 4. The van der Waals surface area contributed by atoms with Crippen molar-refractivity contribution in [2.24, 2.45) is 11.8 Å². The summed E-state index contributed by atoms with van der Waals surface area (Å²) in [6, 6.07) is 9.43. The third-order valence-electron chi connectivity index (χ3n) is 12.9. The zero-order valence-corrected chi connectivity index (χ0v) is 26.0. The van der Waals surface area contributed by atoms with Crippen molar-refractivity contribution in [1.82, 2.24) is 9.80 Å². The highest BCUT2D eigenvalue weighted by Gasteiger charge is 2.66. The van der Waals surface area contributed by atoms with Crippen molar-refractivity contribution >= 4 is 5.78 Å². The molecule has 232 valence electrons. The van der Waals surface area contributed by atoms with Crippen molar-refractivity contribution in [3.05, 3.63) is 58.7 Å². The van der Waals surface area contributed by atoms with Crippen LogP contribution < -0.4 is 18.9 Å². The number of carbonyl (C=O) groups is 1. The molecule has 0 amide bonds. The molecule has 8 aliphatic rings. The number of aliphatic hydroxyl groups is 1. The molecular weight excluding hydrogens is 556 g/mol. The largest absolute Gasteiger partial charge is 0.493 e. The maximum atomic E-state index is 12.6. The van der Waals surface area contributed by atoms with E-state index in [2.05, 4.69) is 42.1 Å². The van der Waals surface area contributed by atoms with Crippen LogP contribution in [-0.2, 0) is 28.5 Å². The normalized spacial score (nSPS) is 39.8. The smallest absolute Gasteiger partial charge is 0.174 e. The summed E-state index contributed by atoms with van der Waals surface area (Å²) in [5.74, 6) is 4.55. The Labute approximate surface area is 258 Å². The van der Waals surface area contributed by atoms with Gasteiger partial charge in [0, 0.05) is 46.4 Å². The van der Waals surface area contributed by atoms with Crippen molar-refractivity contribution in [2.45, 2.75) is 79.8 Å². The van der Waals surface area contributed by atoms with Gasteiger partial charge in [-0.15, -0.1) is 0 Å². The Morgan fingerprint density at radius 3 is 2.16 bits per heavy atom. The van der Waals surface area contributed by atoms with Crippen LogP contribution in [0, 0.1) is 11.8 Å². The maximum absolute atomic E-state index is 12.6. The first-order valence-electron chi connectivity index (χ1n) is 16.4. The number of likely N-dealkylation sites (N-methyl/N-ethyl adjacent to an activating group) is 2. The van der Waals surface area contributed by atoms with Crippen LogP contribution in [0.3, 0.4) is 0 Å². The Hall–Kier alpha value is -3.07. The van der Waals surface area contributed by atoms with Gasteiger partial charge in [0.05, 0.1) is 14.2 Å². The molecule has 0 aromatic heterocycles. The number of hydrogen-bond donors (Lipinski definition) is 1. The average molecular weight is 599 g/mol. The molecule has 9 unspecified atom stereocenters. The van der Waals surface area contributed by atoms with Crippen LogP contribution in [0.2, 0.25) is 0 Å². The second-order valence-electron chi connectivity index (χ2n) is 14.4. The van der Waals surface area contributed by atoms with Gasteiger partial charge >= 0.3 is 0 Å². The van der Waals surface area contributed by atoms with Gasteiger partial charge in [-0.25, -0.2) is 0 Å². The molecule has 3 fully saturated rings. The van der Waals surface area contributed by atoms with E-state index in [1.165, 1.54) is 22.3 Å². The second-order valence-corrected chi connectivity index (χ2v) is 14.4. The molecule has 4 heterocycles. The first kappa shape index (κ1) is 27.3. The predicted octanol–water partition coefficient (Wildman–Crippen LogP) is 3.43. The number of aliphatic hydroxyl groups excluding tert-OH is 1. The van der Waals surface area contributed by atoms with Crippen LogP contribution in [0.4, 0.5) is 0 Å². The molecule has 8 nitrogen and oxygen atoms in total. The number of likely N-dealkylation sites (tertiary alicyclic amines) is 2. The Morgan fingerprint density at radius 2 is 1.45 bits per heavy atom. The highest BCUT2D eigenvalue weighted by Crippen LogP contribution is 2.64. The van der Waals surface area contributed by atoms with Crippen molar-refractivity contribution in [3.8, 4) is 23.0 Å². The molecule has 2 saturated heterocycles. The van der Waals surface area contributed by atoms with E-state index in [9.17, 15) is 9.90 Å². The summed E-state index contributed by atoms with van der Waals surface area (Å²) < 4.78 is 23.6. The topological polar surface area (TPSA) is 80.7 Å². The van der Waals surface area contributed by atoms with E-state index in [1.54, 1.807) is 14.2 Å². The highest BCUT2D eigenvalue weighted by atomic mass is 16.5. The lowest BCUT2D eigenvalue weighted by Gasteiger charge is -2.57. The molecule has 4 aliphatic carbocycles. The minimum absolute atomic E-state index is 0.0806. The van der Waals surface area contributed by atoms with Crippen LogP contribution in [0.25, 0.3) is 0 Å². The van der Waals surface area contributed by atoms with Crippen molar-refractivity contribution in [2.75, 3.05) is 41.4 Å². The summed E-state index contributed by atoms with van der Waals surface area (Å²) in [5, 5.41) is 10.6. The Balaban J connectivity index is 0.000000123. The number of nitrogens with zero attached hydrogens (tertiary/aromatic N) is 2. The van der Waals surface area contributed by atoms with Gasteiger partial charge < -0.3 is 33.9 Å². The SMILES string of the molecule is COc1ccc2c3c1OC1C(=O)CCC4C(C2)N(C)CCC314.COc1ccc2c3c1OC1C(O)C=CC4C(C2)N(C)CCC341. The predicted molar refractivity (Wildman–Crippen MR) is 164 cm³/mol. The molecule has 1 N–H and O–H groups in total. The van der Waals surface area contributed by atoms with Crippen molar-refractivity contribution < 1.29 is 28.8 Å². The standard InChI is InChI=1S/2C18H21NO3/c2*1-19-8-7-18-11-4-5-13(20)17(18)22-16-14(21-2)6-3-10(15(16)18)9-12(11)19/h3,6,11-12,17H,4-5,7-9H2,1-2H3;3-6,11-13,17,20H,7-9H2,1-2H3. The fraction of sp³-hybridized carbons (Fsp3) is 0.583. The van der Waals surface area contributed by atoms with Crippen molar-refractivity contribution in [1.29, 1.82) is 0 Å². The lowest BCUT2D eigenvalue weighted by Crippen LogP contribution is -2.65. The van der Waals surface area contributed by atoms with Gasteiger partial charge in [0.2, 0.25) is 0 Å². The number of rotatable bonds is 2. The molecule has 0 radical (unpaired) electrons. The van der Waals surface area contributed by atoms with Crippen LogP contribution in [0.5, 0.6) is 23.0 Å². The minimum Gasteiger partial charge on any atom is -0.493 e. The number of hydrogen-bond acceptors (Lipinski definition) is 8. The molecule has 44 heavy (non-hydrogen) atoms. The van der Waals surface area contributed by atoms with Crippen LogP contribution in [0.15, 0.2) is 36.4 Å². The van der Waals surface area contributed by atoms with E-state index in [-0.39, 0.29) is 28.8 Å². The first-order chi connectivity index (χ1) is 21.3. The van der Waals surface area contributed by atoms with Gasteiger partial charge in [0.15, 0.2) is 34.9 Å². The number of benzene rings is 2. The lowest BCUT2D eigenvalue weighted by molar-refractivity contribution is -0.138. The molecule has 2 spiro atoms. The lowest BCUT2D eigenvalue weighted by atomic mass is 9.52. The molecule has 4 aliphatic heterocycles. The van der Waals surface area contributed by atoms with E-state index in [0.717, 1.165) is 68.2 Å². The van der Waals surface area contributed by atoms with Crippen molar-refractivity contribution in [3.63, 3.8) is 0 Å². The van der Waals surface area contributed by atoms with E-state index in [4.69, 9.17) is 18.9 Å². The fourth-order valence-corrected chi connectivity index (χ4v) is 11.1. The van der Waals surface area contributed by atoms with Gasteiger partial charge in [0.1, 0.15) is 12.2 Å². The summed E-state index contributed by atoms with van der Waals surface area (Å²) in [7, 11) is 7.82. The zero-order valence-electron chi connectivity index (χ0n) is 26.0. The second kappa shape index (κ2) is 9.24. The van der Waals surface area contributed by atoms with E-state index in [1.807, 2.05) is 18.2 Å². The highest BCUT2D eigenvalue weighted by molar-refractivity contribution is 5.89. The summed E-state index contributed by atoms with van der Waals surface area (Å²) in [6.45, 7) is 2.10. The summed E-state index contributed by atoms with van der Waals surface area (Å²) in [5.41, 5.74) is 5.18. The van der Waals surface area contributed by atoms with Crippen LogP contribution in [-0.4, -0.2) is 92.5 Å². The third-order valence-corrected chi connectivity index (χ3v) is 12.9. The number of ketones is 1. The van der Waals surface area contributed by atoms with Crippen LogP contribution >= 0.6 is 0 Å². The molecule has 2 aromatic carbocycles. The molecule has 2 aromatic rings. The monoisotopic (exact) mass is 598 g/mol. The maximum Gasteiger partial charge on any atom is 0.174 e. The molecule has 10 rings (SSSR count). The first-order valence-corrected chi connectivity index (χ1v) is 16.4. The molecule has 8 heteroatoms. The number of carbonyl (C=O) groups excluding carboxylic acids is 1. The van der Waals surface area contributed by atoms with Gasteiger partial charge in [-0.3, -0.25) is 4.79 Å². The Kier molecular flexibility index (Phi) is 5.72. The quantitative estimate of drug-likeness (QED) is 0.527. The average Bonchev–Trinajstić information content (AvgIpc) is 3.57. The van der Waals surface area contributed by atoms with E-state index >= 15 is 0 Å². The summed E-state index contributed by atoms with van der Waals surface area (Å²) in [6.07, 6.45) is 9.01. The molecular formula is C36H42N2O6. The zero-order chi connectivity index (χ0) is 30.1. The van der Waals surface area contributed by atoms with Gasteiger partial charge in [-0.05, 0) is 88.5 Å². The number of Topliss-reactive ketones (excluding diaryl/α,β-unsaturated/α-hetero) is 1. The Bertz CT molecular complexity index is 1590. The molecule has 4 bridgehead atoms. The molecule has 9 atom stereocenters. The van der Waals surface area contributed by atoms with Gasteiger partial charge in [-0.2, -0.15) is 0 Å². The summed E-state index contributed by atoms with van der Waals surface area (Å²) in [4.78, 5) is 17.6. The van der Waals surface area contributed by atoms with Crippen LogP contribution in [0.1, 0.15) is 47.9 Å². The summed E-state index contributed by atoms with van der Waals surface area (Å²) >= 11 is 0. The van der Waals surface area contributed by atoms with Gasteiger partial charge in [0.25, 0.3) is 0 Å². The number of piperidine rings is 2. The number of methoxy groups -OCH3 is 2. The minimum atomic E-state index is -0.539. The molecule has 1 saturated carbocycles. The third kappa shape index (κ3) is 3.17. The van der Waals surface area contributed by atoms with Gasteiger partial charge in [-0.1, -0.05) is 24.3 Å².